The molecule has 3 N–H and O–H groups in total. The van der Waals surface area contributed by atoms with E-state index in [4.69, 9.17) is 22.1 Å². The zero-order valence-corrected chi connectivity index (χ0v) is 17.7. The topological polar surface area (TPSA) is 50.5 Å². The number of anilines is 3. The number of hydrogen-bond donors (Lipinski definition) is 2. The average molecular weight is 400 g/mol. The van der Waals surface area contributed by atoms with Gasteiger partial charge >= 0.3 is 0 Å². The third-order valence-corrected chi connectivity index (χ3v) is 7.06. The number of fused-ring (bicyclic) bond motifs is 2. The fraction of sp³-hybridized carbons (Fsp3) is 0.478. The van der Waals surface area contributed by atoms with Crippen LogP contribution in [-0.4, -0.2) is 26.7 Å². The summed E-state index contributed by atoms with van der Waals surface area (Å²) in [6.45, 7) is 7.32. The van der Waals surface area contributed by atoms with Gasteiger partial charge in [-0.05, 0) is 61.2 Å². The Kier molecular flexibility index (Phi) is 5.19. The fourth-order valence-corrected chi connectivity index (χ4v) is 5.06. The van der Waals surface area contributed by atoms with E-state index in [1.165, 1.54) is 11.1 Å². The molecule has 0 saturated carbocycles. The van der Waals surface area contributed by atoms with Crippen LogP contribution in [0.25, 0.3) is 0 Å². The van der Waals surface area contributed by atoms with Crippen molar-refractivity contribution in [2.75, 3.05) is 37.4 Å². The normalized spacial score (nSPS) is 19.1. The number of hydrogen-bond acceptors (Lipinski definition) is 4. The molecule has 0 radical (unpaired) electrons. The minimum Gasteiger partial charge on any atom is -0.495 e. The number of alkyl halides is 1. The van der Waals surface area contributed by atoms with E-state index in [0.717, 1.165) is 55.3 Å². The number of nitrogens with two attached hydrogens (primary N) is 1. The molecule has 0 aromatic heterocycles. The van der Waals surface area contributed by atoms with Crippen molar-refractivity contribution in [1.29, 1.82) is 0 Å². The molecule has 1 unspecified atom stereocenters. The predicted octanol–water partition coefficient (Wildman–Crippen LogP) is 4.99. The minimum atomic E-state index is -0.0283. The Labute approximate surface area is 173 Å². The van der Waals surface area contributed by atoms with Gasteiger partial charge in [0.05, 0.1) is 29.5 Å². The van der Waals surface area contributed by atoms with Crippen LogP contribution in [-0.2, 0) is 5.41 Å². The molecule has 2 aliphatic heterocycles. The van der Waals surface area contributed by atoms with Crippen LogP contribution in [0.15, 0.2) is 36.4 Å². The molecule has 150 valence electrons. The van der Waals surface area contributed by atoms with Crippen molar-refractivity contribution in [3.05, 3.63) is 47.5 Å². The first kappa shape index (κ1) is 19.4. The largest absolute Gasteiger partial charge is 0.495 e. The number of nitrogen functional groups attached to an aromatic ring is 1. The van der Waals surface area contributed by atoms with Crippen molar-refractivity contribution in [2.24, 2.45) is 5.92 Å². The molecule has 2 aromatic rings. The van der Waals surface area contributed by atoms with Gasteiger partial charge in [-0.2, -0.15) is 0 Å². The molecule has 4 nitrogen and oxygen atoms in total. The summed E-state index contributed by atoms with van der Waals surface area (Å²) in [5.41, 5.74) is 12.0. The number of rotatable bonds is 4. The zero-order chi connectivity index (χ0) is 19.9. The van der Waals surface area contributed by atoms with Crippen LogP contribution in [0.4, 0.5) is 17.1 Å². The Morgan fingerprint density at radius 2 is 1.86 bits per heavy atom. The van der Waals surface area contributed by atoms with Crippen LogP contribution in [0, 0.1) is 5.92 Å². The number of halogens is 1. The Hall–Kier alpha value is -1.91. The molecule has 4 rings (SSSR count). The van der Waals surface area contributed by atoms with Crippen LogP contribution >= 0.6 is 11.6 Å². The van der Waals surface area contributed by atoms with Crippen LogP contribution in [0.3, 0.4) is 0 Å². The highest BCUT2D eigenvalue weighted by Gasteiger charge is 2.47. The molecule has 2 aliphatic rings. The van der Waals surface area contributed by atoms with E-state index < -0.39 is 0 Å². The summed E-state index contributed by atoms with van der Waals surface area (Å²) in [5.74, 6) is 1.25. The summed E-state index contributed by atoms with van der Waals surface area (Å²) >= 11 is 6.95. The first-order valence-corrected chi connectivity index (χ1v) is 10.6. The molecule has 1 fully saturated rings. The monoisotopic (exact) mass is 399 g/mol. The molecule has 0 aliphatic carbocycles. The van der Waals surface area contributed by atoms with Crippen molar-refractivity contribution in [1.82, 2.24) is 5.32 Å². The Bertz CT molecular complexity index is 861. The van der Waals surface area contributed by atoms with Gasteiger partial charge in [-0.3, -0.25) is 0 Å². The van der Waals surface area contributed by atoms with E-state index in [2.05, 4.69) is 42.3 Å². The van der Waals surface area contributed by atoms with Crippen molar-refractivity contribution in [3.63, 3.8) is 0 Å². The summed E-state index contributed by atoms with van der Waals surface area (Å²) in [5, 5.41) is 3.50. The second kappa shape index (κ2) is 7.49. The lowest BCUT2D eigenvalue weighted by atomic mass is 9.72. The molecular weight excluding hydrogens is 370 g/mol. The standard InChI is InChI=1S/C23H30ClN3O/c1-15(2)21(24)16-8-9-19(28-3)22-20(16)23(10-12-26-13-11-23)14-27(22)18-7-5-4-6-17(18)25/h4-9,15,21,26H,10-14,25H2,1-3H3. The van der Waals surface area contributed by atoms with Gasteiger partial charge in [0.25, 0.3) is 0 Å². The highest BCUT2D eigenvalue weighted by atomic mass is 35.5. The van der Waals surface area contributed by atoms with Crippen LogP contribution in [0.1, 0.15) is 43.2 Å². The van der Waals surface area contributed by atoms with Gasteiger partial charge in [-0.1, -0.05) is 32.0 Å². The Morgan fingerprint density at radius 1 is 1.14 bits per heavy atom. The number of benzene rings is 2. The fourth-order valence-electron chi connectivity index (χ4n) is 4.88. The van der Waals surface area contributed by atoms with E-state index in [1.807, 2.05) is 18.2 Å². The predicted molar refractivity (Wildman–Crippen MR) is 118 cm³/mol. The molecule has 2 aromatic carbocycles. The van der Waals surface area contributed by atoms with Gasteiger partial charge in [0, 0.05) is 12.0 Å². The molecule has 5 heteroatoms. The van der Waals surface area contributed by atoms with Crippen molar-refractivity contribution >= 4 is 28.7 Å². The molecule has 0 amide bonds. The lowest BCUT2D eigenvalue weighted by molar-refractivity contribution is 0.326. The average Bonchev–Trinajstić information content (AvgIpc) is 3.02. The van der Waals surface area contributed by atoms with Gasteiger partial charge in [0.2, 0.25) is 0 Å². The van der Waals surface area contributed by atoms with Crippen LogP contribution in [0.5, 0.6) is 5.75 Å². The molecule has 28 heavy (non-hydrogen) atoms. The molecule has 1 spiro atoms. The quantitative estimate of drug-likeness (QED) is 0.562. The SMILES string of the molecule is COc1ccc(C(Cl)C(C)C)c2c1N(c1ccccc1N)CC21CCNCC1. The minimum absolute atomic E-state index is 0.0283. The summed E-state index contributed by atoms with van der Waals surface area (Å²) in [6.07, 6.45) is 2.18. The second-order valence-corrected chi connectivity index (χ2v) is 8.87. The molecule has 0 bridgehead atoms. The van der Waals surface area contributed by atoms with E-state index in [-0.39, 0.29) is 10.8 Å². The van der Waals surface area contributed by atoms with E-state index >= 15 is 0 Å². The van der Waals surface area contributed by atoms with E-state index in [1.54, 1.807) is 7.11 Å². The lowest BCUT2D eigenvalue weighted by Crippen LogP contribution is -2.43. The van der Waals surface area contributed by atoms with Gasteiger partial charge in [0.1, 0.15) is 5.75 Å². The van der Waals surface area contributed by atoms with Gasteiger partial charge in [0.15, 0.2) is 0 Å². The first-order valence-electron chi connectivity index (χ1n) is 10.2. The number of methoxy groups -OCH3 is 1. The number of ether oxygens (including phenoxy) is 1. The van der Waals surface area contributed by atoms with Crippen LogP contribution in [0.2, 0.25) is 0 Å². The summed E-state index contributed by atoms with van der Waals surface area (Å²) in [7, 11) is 1.75. The highest BCUT2D eigenvalue weighted by Crippen LogP contribution is 2.56. The highest BCUT2D eigenvalue weighted by molar-refractivity contribution is 6.21. The van der Waals surface area contributed by atoms with Gasteiger partial charge in [-0.25, -0.2) is 0 Å². The summed E-state index contributed by atoms with van der Waals surface area (Å²) < 4.78 is 5.84. The smallest absolute Gasteiger partial charge is 0.142 e. The third-order valence-electron chi connectivity index (χ3n) is 6.32. The van der Waals surface area contributed by atoms with Gasteiger partial charge < -0.3 is 20.7 Å². The maximum Gasteiger partial charge on any atom is 0.142 e. The number of nitrogens with zero attached hydrogens (tertiary/aromatic N) is 1. The molecule has 1 saturated heterocycles. The van der Waals surface area contributed by atoms with E-state index in [9.17, 15) is 0 Å². The van der Waals surface area contributed by atoms with Crippen molar-refractivity contribution in [3.8, 4) is 5.75 Å². The lowest BCUT2D eigenvalue weighted by Gasteiger charge is -2.36. The first-order chi connectivity index (χ1) is 13.5. The number of para-hydroxylation sites is 2. The van der Waals surface area contributed by atoms with Crippen molar-refractivity contribution < 1.29 is 4.74 Å². The third kappa shape index (κ3) is 3.03. The van der Waals surface area contributed by atoms with Crippen LogP contribution < -0.4 is 20.7 Å². The molecular formula is C23H30ClN3O. The second-order valence-electron chi connectivity index (χ2n) is 8.40. The number of nitrogens with one attached hydrogen (secondary N) is 1. The summed E-state index contributed by atoms with van der Waals surface area (Å²) in [6, 6.07) is 12.4. The number of piperidine rings is 1. The maximum absolute atomic E-state index is 6.95. The Morgan fingerprint density at radius 3 is 2.50 bits per heavy atom. The van der Waals surface area contributed by atoms with Crippen molar-refractivity contribution in [2.45, 2.75) is 37.5 Å². The summed E-state index contributed by atoms with van der Waals surface area (Å²) in [4.78, 5) is 2.36. The zero-order valence-electron chi connectivity index (χ0n) is 17.0. The van der Waals surface area contributed by atoms with E-state index in [0.29, 0.717) is 5.92 Å². The molecule has 1 atom stereocenters. The maximum atomic E-state index is 6.95. The Balaban J connectivity index is 1.97. The molecule has 2 heterocycles. The van der Waals surface area contributed by atoms with Gasteiger partial charge in [-0.15, -0.1) is 11.6 Å².